The molecule has 2 aliphatic rings. The molecule has 15 heavy (non-hydrogen) atoms. The fourth-order valence-electron chi connectivity index (χ4n) is 3.97. The molecule has 0 bridgehead atoms. The number of hydrogen-bond acceptors (Lipinski definition) is 0. The van der Waals surface area contributed by atoms with Crippen LogP contribution < -0.4 is 0 Å². The van der Waals surface area contributed by atoms with Crippen molar-refractivity contribution in [3.05, 3.63) is 12.2 Å². The summed E-state index contributed by atoms with van der Waals surface area (Å²) in [5.74, 6) is 4.75. The van der Waals surface area contributed by atoms with Crippen molar-refractivity contribution in [2.24, 2.45) is 29.6 Å². The molecule has 0 aromatic carbocycles. The first-order valence-corrected chi connectivity index (χ1v) is 6.94. The minimum Gasteiger partial charge on any atom is -0.0851 e. The van der Waals surface area contributed by atoms with E-state index in [1.807, 2.05) is 0 Å². The molecule has 0 amide bonds. The third-order valence-corrected chi connectivity index (χ3v) is 5.00. The molecule has 5 unspecified atom stereocenters. The molecule has 5 atom stereocenters. The predicted molar refractivity (Wildman–Crippen MR) is 66.7 cm³/mol. The van der Waals surface area contributed by atoms with Crippen LogP contribution in [0, 0.1) is 29.6 Å². The van der Waals surface area contributed by atoms with E-state index in [4.69, 9.17) is 0 Å². The van der Waals surface area contributed by atoms with Gasteiger partial charge in [0.05, 0.1) is 0 Å². The molecule has 1 fully saturated rings. The van der Waals surface area contributed by atoms with E-state index in [2.05, 4.69) is 32.9 Å². The lowest BCUT2D eigenvalue weighted by Crippen LogP contribution is -2.34. The number of allylic oxidation sites excluding steroid dienone is 2. The van der Waals surface area contributed by atoms with Crippen LogP contribution in [0.4, 0.5) is 0 Å². The van der Waals surface area contributed by atoms with Crippen molar-refractivity contribution in [3.8, 4) is 0 Å². The van der Waals surface area contributed by atoms with Gasteiger partial charge in [-0.05, 0) is 42.4 Å². The van der Waals surface area contributed by atoms with Crippen molar-refractivity contribution in [2.45, 2.75) is 52.9 Å². The third-order valence-electron chi connectivity index (χ3n) is 5.00. The first-order chi connectivity index (χ1) is 7.26. The molecule has 2 rings (SSSR count). The number of fused-ring (bicyclic) bond motifs is 1. The van der Waals surface area contributed by atoms with Crippen molar-refractivity contribution in [1.29, 1.82) is 0 Å². The van der Waals surface area contributed by atoms with Gasteiger partial charge in [0.25, 0.3) is 0 Å². The Hall–Kier alpha value is -0.260. The van der Waals surface area contributed by atoms with Gasteiger partial charge in [-0.2, -0.15) is 0 Å². The molecule has 0 saturated heterocycles. The molecule has 0 heteroatoms. The maximum atomic E-state index is 2.54. The molecule has 0 nitrogen and oxygen atoms in total. The lowest BCUT2D eigenvalue weighted by molar-refractivity contribution is 0.113. The van der Waals surface area contributed by atoms with Gasteiger partial charge in [-0.1, -0.05) is 52.2 Å². The van der Waals surface area contributed by atoms with E-state index in [1.54, 1.807) is 0 Å². The molecular formula is C15H26. The fourth-order valence-corrected chi connectivity index (χ4v) is 3.97. The summed E-state index contributed by atoms with van der Waals surface area (Å²) in [7, 11) is 0. The second kappa shape index (κ2) is 4.72. The summed E-state index contributed by atoms with van der Waals surface area (Å²) in [5, 5.41) is 0. The van der Waals surface area contributed by atoms with Gasteiger partial charge >= 0.3 is 0 Å². The highest BCUT2D eigenvalue weighted by Crippen LogP contribution is 2.46. The van der Waals surface area contributed by atoms with Crippen LogP contribution in [-0.4, -0.2) is 0 Å². The van der Waals surface area contributed by atoms with E-state index in [9.17, 15) is 0 Å². The third kappa shape index (κ3) is 2.14. The van der Waals surface area contributed by atoms with Gasteiger partial charge < -0.3 is 0 Å². The first kappa shape index (κ1) is 11.2. The zero-order valence-corrected chi connectivity index (χ0v) is 10.6. The summed E-state index contributed by atoms with van der Waals surface area (Å²) in [6.45, 7) is 7.15. The van der Waals surface area contributed by atoms with Crippen LogP contribution in [0.1, 0.15) is 52.9 Å². The van der Waals surface area contributed by atoms with Crippen molar-refractivity contribution in [3.63, 3.8) is 0 Å². The van der Waals surface area contributed by atoms with E-state index in [0.717, 1.165) is 29.6 Å². The van der Waals surface area contributed by atoms with Gasteiger partial charge in [-0.15, -0.1) is 0 Å². The molecule has 1 saturated carbocycles. The highest BCUT2D eigenvalue weighted by molar-refractivity contribution is 5.05. The number of rotatable bonds is 2. The van der Waals surface area contributed by atoms with Gasteiger partial charge in [-0.3, -0.25) is 0 Å². The molecule has 0 spiro atoms. The highest BCUT2D eigenvalue weighted by atomic mass is 14.4. The largest absolute Gasteiger partial charge is 0.0851 e. The summed E-state index contributed by atoms with van der Waals surface area (Å²) >= 11 is 0. The zero-order chi connectivity index (χ0) is 10.8. The topological polar surface area (TPSA) is 0 Å². The minimum atomic E-state index is 0.828. The molecule has 0 N–H and O–H groups in total. The minimum absolute atomic E-state index is 0.828. The van der Waals surface area contributed by atoms with E-state index < -0.39 is 0 Å². The first-order valence-electron chi connectivity index (χ1n) is 6.94. The van der Waals surface area contributed by atoms with Gasteiger partial charge in [0.2, 0.25) is 0 Å². The molecule has 0 heterocycles. The smallest absolute Gasteiger partial charge is 0.0200 e. The summed E-state index contributed by atoms with van der Waals surface area (Å²) in [6, 6.07) is 0. The Bertz CT molecular complexity index is 228. The lowest BCUT2D eigenvalue weighted by Gasteiger charge is -2.43. The summed E-state index contributed by atoms with van der Waals surface area (Å²) in [4.78, 5) is 0. The van der Waals surface area contributed by atoms with Gasteiger partial charge in [0, 0.05) is 0 Å². The average molecular weight is 206 g/mol. The predicted octanol–water partition coefficient (Wildman–Crippen LogP) is 4.66. The van der Waals surface area contributed by atoms with E-state index in [0.29, 0.717) is 0 Å². The van der Waals surface area contributed by atoms with Crippen LogP contribution in [0.5, 0.6) is 0 Å². The van der Waals surface area contributed by atoms with Crippen LogP contribution in [-0.2, 0) is 0 Å². The Morgan fingerprint density at radius 1 is 1.07 bits per heavy atom. The summed E-state index contributed by atoms with van der Waals surface area (Å²) in [6.07, 6.45) is 12.3. The zero-order valence-electron chi connectivity index (χ0n) is 10.6. The molecular weight excluding hydrogens is 180 g/mol. The molecule has 0 aromatic heterocycles. The normalized spacial score (nSPS) is 45.1. The summed E-state index contributed by atoms with van der Waals surface area (Å²) < 4.78 is 0. The SMILES string of the molecule is CCC1CCC2C(C=CC(C)C2CC)C1. The van der Waals surface area contributed by atoms with Gasteiger partial charge in [-0.25, -0.2) is 0 Å². The molecule has 0 radical (unpaired) electrons. The van der Waals surface area contributed by atoms with Crippen molar-refractivity contribution in [1.82, 2.24) is 0 Å². The van der Waals surface area contributed by atoms with Crippen LogP contribution in [0.25, 0.3) is 0 Å². The van der Waals surface area contributed by atoms with Crippen LogP contribution in [0.2, 0.25) is 0 Å². The lowest BCUT2D eigenvalue weighted by atomic mass is 9.62. The average Bonchev–Trinajstić information content (AvgIpc) is 2.28. The molecule has 0 aliphatic heterocycles. The molecule has 2 aliphatic carbocycles. The van der Waals surface area contributed by atoms with Crippen molar-refractivity contribution >= 4 is 0 Å². The van der Waals surface area contributed by atoms with E-state index in [1.165, 1.54) is 32.1 Å². The standard InChI is InChI=1S/C15H26/c1-4-12-7-9-15-13(10-12)8-6-11(3)14(15)5-2/h6,8,11-15H,4-5,7,9-10H2,1-3H3. The monoisotopic (exact) mass is 206 g/mol. The quantitative estimate of drug-likeness (QED) is 0.576. The second-order valence-corrected chi connectivity index (χ2v) is 5.73. The Morgan fingerprint density at radius 2 is 1.87 bits per heavy atom. The van der Waals surface area contributed by atoms with Crippen molar-refractivity contribution in [2.75, 3.05) is 0 Å². The fraction of sp³-hybridized carbons (Fsp3) is 0.867. The van der Waals surface area contributed by atoms with E-state index >= 15 is 0 Å². The van der Waals surface area contributed by atoms with Crippen LogP contribution in [0.15, 0.2) is 12.2 Å². The Balaban J connectivity index is 2.08. The Kier molecular flexibility index (Phi) is 3.53. The number of hydrogen-bond donors (Lipinski definition) is 0. The maximum absolute atomic E-state index is 2.54. The summed E-state index contributed by atoms with van der Waals surface area (Å²) in [5.41, 5.74) is 0. The molecule has 86 valence electrons. The van der Waals surface area contributed by atoms with E-state index in [-0.39, 0.29) is 0 Å². The second-order valence-electron chi connectivity index (χ2n) is 5.73. The van der Waals surface area contributed by atoms with Crippen molar-refractivity contribution < 1.29 is 0 Å². The Morgan fingerprint density at radius 3 is 2.53 bits per heavy atom. The van der Waals surface area contributed by atoms with Crippen LogP contribution in [0.3, 0.4) is 0 Å². The van der Waals surface area contributed by atoms with Gasteiger partial charge in [0.15, 0.2) is 0 Å². The van der Waals surface area contributed by atoms with Crippen LogP contribution >= 0.6 is 0 Å². The maximum Gasteiger partial charge on any atom is -0.0200 e. The highest BCUT2D eigenvalue weighted by Gasteiger charge is 2.36. The molecule has 0 aromatic rings. The van der Waals surface area contributed by atoms with Gasteiger partial charge in [0.1, 0.15) is 0 Å². The Labute approximate surface area is 95.1 Å².